The number of nitrogens with two attached hydrogens (primary N) is 1. The number of hydrogen-bond acceptors (Lipinski definition) is 7. The van der Waals surface area contributed by atoms with Crippen LogP contribution in [0.15, 0.2) is 66.7 Å². The third-order valence-electron chi connectivity index (χ3n) is 7.91. The highest BCUT2D eigenvalue weighted by Gasteiger charge is 2.40. The molecule has 1 fully saturated rings. The second-order valence-electron chi connectivity index (χ2n) is 11.4. The van der Waals surface area contributed by atoms with E-state index in [-0.39, 0.29) is 31.4 Å². The maximum absolute atomic E-state index is 13.6. The van der Waals surface area contributed by atoms with E-state index in [4.69, 9.17) is 10.5 Å². The third-order valence-corrected chi connectivity index (χ3v) is 8.92. The van der Waals surface area contributed by atoms with Gasteiger partial charge in [-0.1, -0.05) is 68.4 Å². The number of carbonyl (C=O) groups excluding carboxylic acids is 3. The minimum Gasteiger partial charge on any atom is -0.484 e. The van der Waals surface area contributed by atoms with Crippen molar-refractivity contribution in [1.29, 1.82) is 0 Å². The molecule has 5 N–H and O–H groups in total. The molecule has 0 radical (unpaired) electrons. The molecule has 3 aromatic rings. The number of amides is 3. The molecule has 1 saturated heterocycles. The van der Waals surface area contributed by atoms with Gasteiger partial charge in [-0.15, -0.1) is 11.8 Å². The van der Waals surface area contributed by atoms with Crippen LogP contribution in [0.2, 0.25) is 0 Å². The number of hydrogen-bond donors (Lipinski definition) is 4. The Morgan fingerprint density at radius 3 is 2.52 bits per heavy atom. The molecular formula is C34H42N4O5S. The fourth-order valence-corrected chi connectivity index (χ4v) is 6.27. The summed E-state index contributed by atoms with van der Waals surface area (Å²) in [6.07, 6.45) is -1.36. The Labute approximate surface area is 263 Å². The zero-order valence-electron chi connectivity index (χ0n) is 25.7. The first-order valence-corrected chi connectivity index (χ1v) is 15.9. The van der Waals surface area contributed by atoms with Gasteiger partial charge >= 0.3 is 0 Å². The molecule has 1 heterocycles. The van der Waals surface area contributed by atoms with Gasteiger partial charge in [0.15, 0.2) is 12.7 Å². The van der Waals surface area contributed by atoms with Crippen molar-refractivity contribution in [2.45, 2.75) is 64.8 Å². The van der Waals surface area contributed by atoms with E-state index in [1.807, 2.05) is 74.5 Å². The van der Waals surface area contributed by atoms with E-state index < -0.39 is 30.0 Å². The van der Waals surface area contributed by atoms with Crippen molar-refractivity contribution in [2.75, 3.05) is 24.0 Å². The quantitative estimate of drug-likeness (QED) is 0.228. The van der Waals surface area contributed by atoms with Gasteiger partial charge in [0.2, 0.25) is 5.91 Å². The predicted octanol–water partition coefficient (Wildman–Crippen LogP) is 3.69. The fraction of sp³-hybridized carbons (Fsp3) is 0.382. The van der Waals surface area contributed by atoms with Crippen LogP contribution in [0.5, 0.6) is 5.75 Å². The van der Waals surface area contributed by atoms with Gasteiger partial charge in [0.25, 0.3) is 11.8 Å². The molecule has 9 nitrogen and oxygen atoms in total. The second-order valence-corrected chi connectivity index (χ2v) is 12.4. The van der Waals surface area contributed by atoms with Gasteiger partial charge in [0.1, 0.15) is 11.8 Å². The van der Waals surface area contributed by atoms with Crippen LogP contribution in [-0.4, -0.2) is 64.2 Å². The van der Waals surface area contributed by atoms with Crippen LogP contribution >= 0.6 is 11.8 Å². The zero-order valence-corrected chi connectivity index (χ0v) is 26.5. The SMILES string of the molecule is Cc1cc(C(C)C)ccc1OCC(=O)N[C@@H](Cc1ccccc1)[C@H](O)C(=O)N1CSC[C@H]1C(=O)NCc1cccc(N)c1C. The van der Waals surface area contributed by atoms with Crippen LogP contribution in [0.4, 0.5) is 5.69 Å². The number of thioether (sulfide) groups is 1. The highest BCUT2D eigenvalue weighted by Crippen LogP contribution is 2.25. The van der Waals surface area contributed by atoms with Crippen LogP contribution < -0.4 is 21.1 Å². The van der Waals surface area contributed by atoms with Crippen molar-refractivity contribution in [3.05, 3.63) is 94.5 Å². The van der Waals surface area contributed by atoms with Crippen molar-refractivity contribution < 1.29 is 24.2 Å². The van der Waals surface area contributed by atoms with E-state index >= 15 is 0 Å². The number of anilines is 1. The number of ether oxygens (including phenoxy) is 1. The topological polar surface area (TPSA) is 134 Å². The smallest absolute Gasteiger partial charge is 0.258 e. The summed E-state index contributed by atoms with van der Waals surface area (Å²) in [5.74, 6) is 0.233. The third kappa shape index (κ3) is 8.33. The summed E-state index contributed by atoms with van der Waals surface area (Å²) in [5.41, 5.74) is 11.4. The Bertz CT molecular complexity index is 1470. The van der Waals surface area contributed by atoms with Crippen LogP contribution in [-0.2, 0) is 27.3 Å². The molecule has 0 aliphatic carbocycles. The van der Waals surface area contributed by atoms with E-state index in [9.17, 15) is 19.5 Å². The van der Waals surface area contributed by atoms with Crippen LogP contribution in [0.3, 0.4) is 0 Å². The molecule has 1 aliphatic rings. The number of aliphatic hydroxyl groups excluding tert-OH is 1. The van der Waals surface area contributed by atoms with Crippen molar-refractivity contribution in [2.24, 2.45) is 0 Å². The highest BCUT2D eigenvalue weighted by atomic mass is 32.2. The first-order chi connectivity index (χ1) is 21.0. The lowest BCUT2D eigenvalue weighted by molar-refractivity contribution is -0.146. The monoisotopic (exact) mass is 618 g/mol. The maximum Gasteiger partial charge on any atom is 0.258 e. The molecule has 44 heavy (non-hydrogen) atoms. The number of aliphatic hydroxyl groups is 1. The summed E-state index contributed by atoms with van der Waals surface area (Å²) in [5, 5.41) is 17.1. The molecule has 234 valence electrons. The number of nitrogen functional groups attached to an aromatic ring is 1. The Kier molecular flexibility index (Phi) is 11.3. The number of aryl methyl sites for hydroxylation is 1. The van der Waals surface area contributed by atoms with Crippen molar-refractivity contribution in [3.63, 3.8) is 0 Å². The first kappa shape index (κ1) is 32.9. The molecule has 0 unspecified atom stereocenters. The van der Waals surface area contributed by atoms with Gasteiger partial charge in [-0.2, -0.15) is 0 Å². The zero-order chi connectivity index (χ0) is 31.8. The molecule has 3 aromatic carbocycles. The molecule has 0 saturated carbocycles. The van der Waals surface area contributed by atoms with Gasteiger partial charge in [-0.3, -0.25) is 14.4 Å². The number of nitrogens with one attached hydrogen (secondary N) is 2. The molecule has 0 spiro atoms. The van der Waals surface area contributed by atoms with Gasteiger partial charge in [-0.25, -0.2) is 0 Å². The van der Waals surface area contributed by atoms with Crippen molar-refractivity contribution in [3.8, 4) is 5.75 Å². The number of rotatable bonds is 12. The summed E-state index contributed by atoms with van der Waals surface area (Å²) < 4.78 is 5.80. The van der Waals surface area contributed by atoms with Gasteiger partial charge < -0.3 is 31.1 Å². The van der Waals surface area contributed by atoms with Crippen LogP contribution in [0, 0.1) is 13.8 Å². The van der Waals surface area contributed by atoms with E-state index in [0.717, 1.165) is 22.3 Å². The lowest BCUT2D eigenvalue weighted by Gasteiger charge is -2.30. The molecule has 1 aliphatic heterocycles. The summed E-state index contributed by atoms with van der Waals surface area (Å²) in [4.78, 5) is 41.3. The molecule has 4 rings (SSSR count). The Morgan fingerprint density at radius 2 is 1.82 bits per heavy atom. The largest absolute Gasteiger partial charge is 0.484 e. The summed E-state index contributed by atoms with van der Waals surface area (Å²) >= 11 is 1.44. The minimum atomic E-state index is -1.57. The lowest BCUT2D eigenvalue weighted by Crippen LogP contribution is -2.56. The standard InChI is InChI=1S/C34H42N4O5S/c1-21(2)25-13-14-30(22(3)15-25)43-18-31(39)37-28(16-24-9-6-5-7-10-24)32(40)34(42)38-20-44-19-29(38)33(41)36-17-26-11-8-12-27(35)23(26)4/h5-15,21,28-29,32,40H,16-20,35H2,1-4H3,(H,36,41)(H,37,39)/t28-,29-,32-/m0/s1. The van der Waals surface area contributed by atoms with E-state index in [1.165, 1.54) is 22.2 Å². The summed E-state index contributed by atoms with van der Waals surface area (Å²) in [6, 6.07) is 19.0. The molecule has 0 aromatic heterocycles. The second kappa shape index (κ2) is 15.1. The molecule has 3 amide bonds. The Hall–Kier alpha value is -4.02. The predicted molar refractivity (Wildman–Crippen MR) is 174 cm³/mol. The Balaban J connectivity index is 1.42. The summed E-state index contributed by atoms with van der Waals surface area (Å²) in [7, 11) is 0. The average molecular weight is 619 g/mol. The average Bonchev–Trinajstić information content (AvgIpc) is 3.50. The molecular weight excluding hydrogens is 576 g/mol. The van der Waals surface area contributed by atoms with Crippen molar-refractivity contribution in [1.82, 2.24) is 15.5 Å². The van der Waals surface area contributed by atoms with E-state index in [1.54, 1.807) is 6.07 Å². The number of benzene rings is 3. The maximum atomic E-state index is 13.6. The lowest BCUT2D eigenvalue weighted by atomic mass is 9.99. The Morgan fingerprint density at radius 1 is 1.07 bits per heavy atom. The van der Waals surface area contributed by atoms with Gasteiger partial charge in [0, 0.05) is 18.0 Å². The van der Waals surface area contributed by atoms with Gasteiger partial charge in [0.05, 0.1) is 11.9 Å². The fourth-order valence-electron chi connectivity index (χ4n) is 5.11. The number of carbonyl (C=O) groups is 3. The van der Waals surface area contributed by atoms with Crippen LogP contribution in [0.1, 0.15) is 47.6 Å². The molecule has 3 atom stereocenters. The minimum absolute atomic E-state index is 0.216. The summed E-state index contributed by atoms with van der Waals surface area (Å²) in [6.45, 7) is 8.04. The highest BCUT2D eigenvalue weighted by molar-refractivity contribution is 7.99. The van der Waals surface area contributed by atoms with E-state index in [0.29, 0.717) is 23.1 Å². The van der Waals surface area contributed by atoms with E-state index in [2.05, 4.69) is 24.5 Å². The molecule has 0 bridgehead atoms. The first-order valence-electron chi connectivity index (χ1n) is 14.8. The van der Waals surface area contributed by atoms with Crippen molar-refractivity contribution >= 4 is 35.2 Å². The number of nitrogens with zero attached hydrogens (tertiary/aromatic N) is 1. The van der Waals surface area contributed by atoms with Gasteiger partial charge in [-0.05, 0) is 66.1 Å². The van der Waals surface area contributed by atoms with Crippen LogP contribution in [0.25, 0.3) is 0 Å². The normalized spacial score (nSPS) is 16.0. The molecule has 10 heteroatoms.